The van der Waals surface area contributed by atoms with Crippen molar-refractivity contribution < 1.29 is 0 Å². The molecule has 1 aromatic carbocycles. The summed E-state index contributed by atoms with van der Waals surface area (Å²) in [5, 5.41) is 1.19. The minimum atomic E-state index is -0.0986. The van der Waals surface area contributed by atoms with E-state index in [1.54, 1.807) is 11.8 Å². The predicted octanol–water partition coefficient (Wildman–Crippen LogP) is 4.28. The van der Waals surface area contributed by atoms with Gasteiger partial charge in [-0.3, -0.25) is 4.99 Å². The highest BCUT2D eigenvalue weighted by Crippen LogP contribution is 2.38. The standard InChI is InChI=1S/C15H19NS/c1-10-6-7-13(11(2)8-10)9-14-16-15(4,5)12(3)17-14/h6-8H,3,9H2,1-2,4-5H3. The largest absolute Gasteiger partial charge is 0.271 e. The lowest BCUT2D eigenvalue weighted by molar-refractivity contribution is 0.656. The molecule has 17 heavy (non-hydrogen) atoms. The molecule has 1 aliphatic heterocycles. The molecule has 0 aliphatic carbocycles. The molecule has 0 N–H and O–H groups in total. The van der Waals surface area contributed by atoms with Crippen molar-refractivity contribution in [2.24, 2.45) is 4.99 Å². The van der Waals surface area contributed by atoms with Crippen LogP contribution in [0, 0.1) is 13.8 Å². The monoisotopic (exact) mass is 245 g/mol. The molecule has 0 atom stereocenters. The van der Waals surface area contributed by atoms with Crippen molar-refractivity contribution in [2.75, 3.05) is 0 Å². The maximum absolute atomic E-state index is 4.74. The van der Waals surface area contributed by atoms with Crippen molar-refractivity contribution in [2.45, 2.75) is 39.7 Å². The summed E-state index contributed by atoms with van der Waals surface area (Å²) in [6, 6.07) is 6.61. The normalized spacial score (nSPS) is 18.4. The summed E-state index contributed by atoms with van der Waals surface area (Å²) < 4.78 is 0. The number of aryl methyl sites for hydroxylation is 2. The van der Waals surface area contributed by atoms with Gasteiger partial charge in [-0.25, -0.2) is 0 Å². The molecule has 0 bridgehead atoms. The first kappa shape index (κ1) is 12.4. The topological polar surface area (TPSA) is 12.4 Å². The zero-order valence-corrected chi connectivity index (χ0v) is 11.8. The van der Waals surface area contributed by atoms with Gasteiger partial charge in [0.2, 0.25) is 0 Å². The molecule has 0 aromatic heterocycles. The zero-order valence-electron chi connectivity index (χ0n) is 11.0. The third-order valence-electron chi connectivity index (χ3n) is 3.17. The highest BCUT2D eigenvalue weighted by Gasteiger charge is 2.29. The van der Waals surface area contributed by atoms with E-state index in [0.717, 1.165) is 11.3 Å². The molecule has 0 radical (unpaired) electrons. The molecule has 0 amide bonds. The Kier molecular flexibility index (Phi) is 3.17. The van der Waals surface area contributed by atoms with Crippen LogP contribution in [0.3, 0.4) is 0 Å². The van der Waals surface area contributed by atoms with E-state index in [1.807, 2.05) is 0 Å². The molecule has 0 saturated heterocycles. The third kappa shape index (κ3) is 2.63. The molecule has 2 rings (SSSR count). The highest BCUT2D eigenvalue weighted by atomic mass is 32.2. The highest BCUT2D eigenvalue weighted by molar-refractivity contribution is 8.17. The van der Waals surface area contributed by atoms with Gasteiger partial charge < -0.3 is 0 Å². The van der Waals surface area contributed by atoms with Crippen LogP contribution in [-0.2, 0) is 6.42 Å². The van der Waals surface area contributed by atoms with Gasteiger partial charge in [0, 0.05) is 11.3 Å². The molecule has 0 unspecified atom stereocenters. The van der Waals surface area contributed by atoms with E-state index in [-0.39, 0.29) is 5.54 Å². The maximum Gasteiger partial charge on any atom is 0.0866 e. The number of hydrogen-bond acceptors (Lipinski definition) is 2. The van der Waals surface area contributed by atoms with Gasteiger partial charge in [0.05, 0.1) is 10.6 Å². The fourth-order valence-electron chi connectivity index (χ4n) is 1.95. The Bertz CT molecular complexity index is 498. The third-order valence-corrected chi connectivity index (χ3v) is 4.38. The van der Waals surface area contributed by atoms with Crippen molar-refractivity contribution >= 4 is 16.8 Å². The second-order valence-corrected chi connectivity index (χ2v) is 6.36. The van der Waals surface area contributed by atoms with E-state index in [2.05, 4.69) is 52.5 Å². The Hall–Kier alpha value is -1.02. The van der Waals surface area contributed by atoms with Crippen LogP contribution in [-0.4, -0.2) is 10.6 Å². The summed E-state index contributed by atoms with van der Waals surface area (Å²) in [6.07, 6.45) is 0.930. The first-order chi connectivity index (χ1) is 7.88. The van der Waals surface area contributed by atoms with E-state index in [4.69, 9.17) is 4.99 Å². The van der Waals surface area contributed by atoms with Crippen molar-refractivity contribution in [3.63, 3.8) is 0 Å². The van der Waals surface area contributed by atoms with E-state index in [1.165, 1.54) is 21.7 Å². The molecule has 1 nitrogen and oxygen atoms in total. The van der Waals surface area contributed by atoms with Gasteiger partial charge >= 0.3 is 0 Å². The van der Waals surface area contributed by atoms with Gasteiger partial charge in [-0.15, -0.1) is 0 Å². The first-order valence-corrected chi connectivity index (χ1v) is 6.72. The Labute approximate surface area is 108 Å². The van der Waals surface area contributed by atoms with Gasteiger partial charge in [0.25, 0.3) is 0 Å². The van der Waals surface area contributed by atoms with Crippen LogP contribution in [0.4, 0.5) is 0 Å². The number of hydrogen-bond donors (Lipinski definition) is 0. The second-order valence-electron chi connectivity index (χ2n) is 5.20. The summed E-state index contributed by atoms with van der Waals surface area (Å²) >= 11 is 1.74. The minimum absolute atomic E-state index is 0.0986. The molecule has 1 aliphatic rings. The number of nitrogens with zero attached hydrogens (tertiary/aromatic N) is 1. The number of benzene rings is 1. The van der Waals surface area contributed by atoms with Gasteiger partial charge in [0.1, 0.15) is 0 Å². The quantitative estimate of drug-likeness (QED) is 0.757. The van der Waals surface area contributed by atoms with E-state index >= 15 is 0 Å². The molecule has 2 heteroatoms. The average molecular weight is 245 g/mol. The van der Waals surface area contributed by atoms with Gasteiger partial charge in [-0.05, 0) is 38.8 Å². The molecule has 1 aromatic rings. The van der Waals surface area contributed by atoms with Crippen LogP contribution in [0.5, 0.6) is 0 Å². The Morgan fingerprint density at radius 1 is 1.29 bits per heavy atom. The van der Waals surface area contributed by atoms with Gasteiger partial charge in [-0.2, -0.15) is 0 Å². The predicted molar refractivity (Wildman–Crippen MR) is 77.9 cm³/mol. The van der Waals surface area contributed by atoms with Crippen LogP contribution in [0.2, 0.25) is 0 Å². The number of aliphatic imine (C=N–C) groups is 1. The van der Waals surface area contributed by atoms with Crippen LogP contribution < -0.4 is 0 Å². The second kappa shape index (κ2) is 4.34. The minimum Gasteiger partial charge on any atom is -0.271 e. The zero-order chi connectivity index (χ0) is 12.6. The van der Waals surface area contributed by atoms with E-state index < -0.39 is 0 Å². The van der Waals surface area contributed by atoms with E-state index in [9.17, 15) is 0 Å². The molecular formula is C15H19NS. The lowest BCUT2D eigenvalue weighted by atomic mass is 10.0. The summed E-state index contributed by atoms with van der Waals surface area (Å²) in [5.74, 6) is 0. The maximum atomic E-state index is 4.74. The molecular weight excluding hydrogens is 226 g/mol. The van der Waals surface area contributed by atoms with E-state index in [0.29, 0.717) is 0 Å². The fourth-order valence-corrected chi connectivity index (χ4v) is 3.03. The summed E-state index contributed by atoms with van der Waals surface area (Å²) in [4.78, 5) is 5.89. The summed E-state index contributed by atoms with van der Waals surface area (Å²) in [7, 11) is 0. The Morgan fingerprint density at radius 2 is 2.00 bits per heavy atom. The smallest absolute Gasteiger partial charge is 0.0866 e. The number of thioether (sulfide) groups is 1. The fraction of sp³-hybridized carbons (Fsp3) is 0.400. The SMILES string of the molecule is C=C1SC(Cc2ccc(C)cc2C)=NC1(C)C. The van der Waals surface area contributed by atoms with Crippen LogP contribution in [0.15, 0.2) is 34.7 Å². The molecule has 0 fully saturated rings. The number of rotatable bonds is 2. The molecule has 1 heterocycles. The Morgan fingerprint density at radius 3 is 2.53 bits per heavy atom. The van der Waals surface area contributed by atoms with Crippen molar-refractivity contribution in [3.8, 4) is 0 Å². The lowest BCUT2D eigenvalue weighted by Crippen LogP contribution is -2.12. The van der Waals surface area contributed by atoms with Crippen LogP contribution in [0.1, 0.15) is 30.5 Å². The lowest BCUT2D eigenvalue weighted by Gasteiger charge is -2.12. The average Bonchev–Trinajstić information content (AvgIpc) is 2.45. The van der Waals surface area contributed by atoms with Crippen molar-refractivity contribution in [3.05, 3.63) is 46.4 Å². The van der Waals surface area contributed by atoms with Crippen LogP contribution >= 0.6 is 11.8 Å². The Balaban J connectivity index is 2.21. The van der Waals surface area contributed by atoms with Crippen molar-refractivity contribution in [1.29, 1.82) is 0 Å². The molecule has 90 valence electrons. The van der Waals surface area contributed by atoms with Crippen molar-refractivity contribution in [1.82, 2.24) is 0 Å². The summed E-state index contributed by atoms with van der Waals surface area (Å²) in [5.41, 5.74) is 3.94. The molecule has 0 saturated carbocycles. The first-order valence-electron chi connectivity index (χ1n) is 5.90. The van der Waals surface area contributed by atoms with Crippen LogP contribution in [0.25, 0.3) is 0 Å². The summed E-state index contributed by atoms with van der Waals surface area (Å²) in [6.45, 7) is 12.6. The van der Waals surface area contributed by atoms with Gasteiger partial charge in [-0.1, -0.05) is 42.1 Å². The van der Waals surface area contributed by atoms with Gasteiger partial charge in [0.15, 0.2) is 0 Å². The molecule has 0 spiro atoms.